The number of hydrogen-bond acceptors (Lipinski definition) is 3. The molecule has 0 radical (unpaired) electrons. The van der Waals surface area contributed by atoms with E-state index in [1.54, 1.807) is 6.07 Å². The molecule has 0 aliphatic carbocycles. The lowest BCUT2D eigenvalue weighted by molar-refractivity contribution is -0.146. The van der Waals surface area contributed by atoms with E-state index in [-0.39, 0.29) is 6.42 Å². The van der Waals surface area contributed by atoms with Gasteiger partial charge in [-0.15, -0.1) is 0 Å². The smallest absolute Gasteiger partial charge is 0.332 e. The molecule has 1 unspecified atom stereocenters. The summed E-state index contributed by atoms with van der Waals surface area (Å²) in [6.07, 6.45) is -1.08. The quantitative estimate of drug-likeness (QED) is 0.706. The maximum Gasteiger partial charge on any atom is 0.332 e. The fraction of sp³-hybridized carbons (Fsp3) is 0.286. The van der Waals surface area contributed by atoms with E-state index in [0.717, 1.165) is 5.56 Å². The van der Waals surface area contributed by atoms with Gasteiger partial charge in [0.05, 0.1) is 0 Å². The number of aliphatic carboxylic acids is 1. The second-order valence-corrected chi connectivity index (χ2v) is 2.97. The van der Waals surface area contributed by atoms with Gasteiger partial charge in [0.25, 0.3) is 0 Å². The second kappa shape index (κ2) is 3.50. The van der Waals surface area contributed by atoms with Gasteiger partial charge in [-0.2, -0.15) is 11.3 Å². The highest BCUT2D eigenvalue weighted by atomic mass is 32.1. The van der Waals surface area contributed by atoms with Crippen LogP contribution in [0.3, 0.4) is 0 Å². The Morgan fingerprint density at radius 1 is 1.73 bits per heavy atom. The predicted octanol–water partition coefficient (Wildman–Crippen LogP) is 0.736. The van der Waals surface area contributed by atoms with Crippen LogP contribution in [-0.2, 0) is 11.2 Å². The molecule has 1 rings (SSSR count). The maximum absolute atomic E-state index is 10.2. The minimum Gasteiger partial charge on any atom is -0.479 e. The van der Waals surface area contributed by atoms with Crippen LogP contribution in [0.25, 0.3) is 0 Å². The molecule has 11 heavy (non-hydrogen) atoms. The SMILES string of the molecule is O=C(O)C(O)Cc1ccsc1. The number of aliphatic hydroxyl groups is 1. The molecule has 2 N–H and O–H groups in total. The van der Waals surface area contributed by atoms with E-state index in [0.29, 0.717) is 0 Å². The molecule has 0 aromatic carbocycles. The normalized spacial score (nSPS) is 12.8. The number of hydrogen-bond donors (Lipinski definition) is 2. The Morgan fingerprint density at radius 2 is 2.45 bits per heavy atom. The van der Waals surface area contributed by atoms with E-state index in [2.05, 4.69) is 0 Å². The zero-order valence-corrected chi connectivity index (χ0v) is 6.54. The molecule has 1 aromatic rings. The van der Waals surface area contributed by atoms with E-state index in [1.807, 2.05) is 10.8 Å². The van der Waals surface area contributed by atoms with Crippen molar-refractivity contribution in [1.29, 1.82) is 0 Å². The van der Waals surface area contributed by atoms with Crippen molar-refractivity contribution in [3.05, 3.63) is 22.4 Å². The number of carboxylic acid groups (broad SMARTS) is 1. The average Bonchev–Trinajstić information content (AvgIpc) is 2.39. The lowest BCUT2D eigenvalue weighted by Gasteiger charge is -2.01. The summed E-state index contributed by atoms with van der Waals surface area (Å²) in [6, 6.07) is 1.80. The molecular weight excluding hydrogens is 164 g/mol. The molecular formula is C7H8O3S. The van der Waals surface area contributed by atoms with Gasteiger partial charge < -0.3 is 10.2 Å². The fourth-order valence-corrected chi connectivity index (χ4v) is 1.40. The zero-order valence-electron chi connectivity index (χ0n) is 5.73. The van der Waals surface area contributed by atoms with Crippen LogP contribution >= 0.6 is 11.3 Å². The molecule has 0 spiro atoms. The highest BCUT2D eigenvalue weighted by Crippen LogP contribution is 2.08. The molecule has 0 fully saturated rings. The van der Waals surface area contributed by atoms with Gasteiger partial charge >= 0.3 is 5.97 Å². The van der Waals surface area contributed by atoms with Gasteiger partial charge in [-0.05, 0) is 22.4 Å². The van der Waals surface area contributed by atoms with E-state index in [9.17, 15) is 4.79 Å². The fourth-order valence-electron chi connectivity index (χ4n) is 0.719. The van der Waals surface area contributed by atoms with E-state index >= 15 is 0 Å². The van der Waals surface area contributed by atoms with Crippen molar-refractivity contribution in [2.75, 3.05) is 0 Å². The molecule has 1 atom stereocenters. The van der Waals surface area contributed by atoms with Gasteiger partial charge in [-0.1, -0.05) is 0 Å². The molecule has 4 heteroatoms. The largest absolute Gasteiger partial charge is 0.479 e. The maximum atomic E-state index is 10.2. The first-order valence-corrected chi connectivity index (χ1v) is 4.06. The van der Waals surface area contributed by atoms with Crippen molar-refractivity contribution in [3.8, 4) is 0 Å². The molecule has 0 aliphatic rings. The van der Waals surface area contributed by atoms with Crippen LogP contribution in [0.15, 0.2) is 16.8 Å². The number of rotatable bonds is 3. The van der Waals surface area contributed by atoms with Crippen molar-refractivity contribution < 1.29 is 15.0 Å². The Balaban J connectivity index is 2.50. The Bertz CT molecular complexity index is 230. The molecule has 0 amide bonds. The highest BCUT2D eigenvalue weighted by molar-refractivity contribution is 7.07. The first-order chi connectivity index (χ1) is 5.20. The van der Waals surface area contributed by atoms with Gasteiger partial charge in [-0.3, -0.25) is 0 Å². The number of carbonyl (C=O) groups is 1. The predicted molar refractivity (Wildman–Crippen MR) is 41.7 cm³/mol. The van der Waals surface area contributed by atoms with Gasteiger partial charge in [0.2, 0.25) is 0 Å². The third-order valence-corrected chi connectivity index (χ3v) is 2.03. The molecule has 0 saturated carbocycles. The third-order valence-electron chi connectivity index (χ3n) is 1.29. The summed E-state index contributed by atoms with van der Waals surface area (Å²) in [5.74, 6) is -1.17. The molecule has 3 nitrogen and oxygen atoms in total. The van der Waals surface area contributed by atoms with Crippen LogP contribution in [0.4, 0.5) is 0 Å². The Hall–Kier alpha value is -0.870. The summed E-state index contributed by atoms with van der Waals surface area (Å²) < 4.78 is 0. The van der Waals surface area contributed by atoms with Crippen LogP contribution in [0.2, 0.25) is 0 Å². The summed E-state index contributed by atoms with van der Waals surface area (Å²) in [7, 11) is 0. The van der Waals surface area contributed by atoms with E-state index in [1.165, 1.54) is 11.3 Å². The van der Waals surface area contributed by atoms with Crippen molar-refractivity contribution in [2.24, 2.45) is 0 Å². The monoisotopic (exact) mass is 172 g/mol. The summed E-state index contributed by atoms with van der Waals surface area (Å²) in [4.78, 5) is 10.2. The number of carboxylic acids is 1. The van der Waals surface area contributed by atoms with E-state index < -0.39 is 12.1 Å². The summed E-state index contributed by atoms with van der Waals surface area (Å²) >= 11 is 1.49. The topological polar surface area (TPSA) is 57.5 Å². The molecule has 1 heterocycles. The van der Waals surface area contributed by atoms with Crippen LogP contribution in [0.1, 0.15) is 5.56 Å². The van der Waals surface area contributed by atoms with Crippen LogP contribution in [0.5, 0.6) is 0 Å². The summed E-state index contributed by atoms with van der Waals surface area (Å²) in [5, 5.41) is 20.9. The molecule has 60 valence electrons. The molecule has 0 saturated heterocycles. The van der Waals surface area contributed by atoms with Crippen molar-refractivity contribution in [2.45, 2.75) is 12.5 Å². The van der Waals surface area contributed by atoms with Gasteiger partial charge in [0.1, 0.15) is 0 Å². The van der Waals surface area contributed by atoms with Crippen molar-refractivity contribution >= 4 is 17.3 Å². The van der Waals surface area contributed by atoms with Crippen LogP contribution in [0, 0.1) is 0 Å². The highest BCUT2D eigenvalue weighted by Gasteiger charge is 2.13. The first kappa shape index (κ1) is 8.23. The Labute approximate surface area is 67.9 Å². The average molecular weight is 172 g/mol. The lowest BCUT2D eigenvalue weighted by Crippen LogP contribution is -2.21. The Morgan fingerprint density at radius 3 is 2.91 bits per heavy atom. The summed E-state index contributed by atoms with van der Waals surface area (Å²) in [6.45, 7) is 0. The standard InChI is InChI=1S/C7H8O3S/c8-6(7(9)10)3-5-1-2-11-4-5/h1-2,4,6,8H,3H2,(H,9,10). The molecule has 0 aliphatic heterocycles. The van der Waals surface area contributed by atoms with Gasteiger partial charge in [-0.25, -0.2) is 4.79 Å². The minimum absolute atomic E-state index is 0.193. The first-order valence-electron chi connectivity index (χ1n) is 3.12. The summed E-state index contributed by atoms with van der Waals surface area (Å²) in [5.41, 5.74) is 0.866. The lowest BCUT2D eigenvalue weighted by atomic mass is 10.1. The van der Waals surface area contributed by atoms with Crippen molar-refractivity contribution in [3.63, 3.8) is 0 Å². The minimum atomic E-state index is -1.27. The van der Waals surface area contributed by atoms with Crippen LogP contribution < -0.4 is 0 Å². The second-order valence-electron chi connectivity index (χ2n) is 2.19. The van der Waals surface area contributed by atoms with Gasteiger partial charge in [0.15, 0.2) is 6.10 Å². The zero-order chi connectivity index (χ0) is 8.27. The van der Waals surface area contributed by atoms with E-state index in [4.69, 9.17) is 10.2 Å². The number of thiophene rings is 1. The van der Waals surface area contributed by atoms with Crippen molar-refractivity contribution in [1.82, 2.24) is 0 Å². The molecule has 0 bridgehead atoms. The van der Waals surface area contributed by atoms with Crippen LogP contribution in [-0.4, -0.2) is 22.3 Å². The van der Waals surface area contributed by atoms with Gasteiger partial charge in [0, 0.05) is 6.42 Å². The third kappa shape index (κ3) is 2.32. The molecule has 1 aromatic heterocycles. The number of aliphatic hydroxyl groups excluding tert-OH is 1. The Kier molecular flexibility index (Phi) is 2.62.